The predicted octanol–water partition coefficient (Wildman–Crippen LogP) is -0.823. The molecule has 0 bridgehead atoms. The Morgan fingerprint density at radius 3 is 2.81 bits per heavy atom. The number of nitrogen functional groups attached to an aromatic ring is 1. The summed E-state index contributed by atoms with van der Waals surface area (Å²) < 4.78 is 1.53. The molecule has 0 aliphatic carbocycles. The predicted molar refractivity (Wildman–Crippen MR) is 73.6 cm³/mol. The van der Waals surface area contributed by atoms with Crippen LogP contribution in [0.5, 0.6) is 0 Å². The van der Waals surface area contributed by atoms with Gasteiger partial charge in [0.2, 0.25) is 11.9 Å². The first-order valence-electron chi connectivity index (χ1n) is 6.22. The molecular weight excluding hydrogens is 276 g/mol. The van der Waals surface area contributed by atoms with Gasteiger partial charge in [-0.05, 0) is 0 Å². The summed E-state index contributed by atoms with van der Waals surface area (Å²) in [6.07, 6.45) is 2.01. The number of hydrogen-bond donors (Lipinski definition) is 2. The van der Waals surface area contributed by atoms with Crippen LogP contribution in [0.2, 0.25) is 0 Å². The Morgan fingerprint density at radius 1 is 1.38 bits per heavy atom. The lowest BCUT2D eigenvalue weighted by atomic mass is 10.2. The van der Waals surface area contributed by atoms with E-state index in [1.807, 2.05) is 0 Å². The van der Waals surface area contributed by atoms with Crippen molar-refractivity contribution in [3.8, 4) is 0 Å². The minimum absolute atomic E-state index is 0.0160. The first-order valence-corrected chi connectivity index (χ1v) is 6.22. The number of rotatable bonds is 6. The minimum Gasteiger partial charge on any atom is -0.481 e. The van der Waals surface area contributed by atoms with Gasteiger partial charge in [0.25, 0.3) is 0 Å². The Morgan fingerprint density at radius 2 is 2.14 bits per heavy atom. The van der Waals surface area contributed by atoms with Gasteiger partial charge in [-0.15, -0.1) is 5.10 Å². The summed E-state index contributed by atoms with van der Waals surface area (Å²) in [4.78, 5) is 24.5. The van der Waals surface area contributed by atoms with Gasteiger partial charge in [-0.1, -0.05) is 5.21 Å². The number of aryl methyl sites for hydroxylation is 1. The molecule has 0 atom stereocenters. The third-order valence-corrected chi connectivity index (χ3v) is 2.57. The highest BCUT2D eigenvalue weighted by molar-refractivity contribution is 5.66. The first-order chi connectivity index (χ1) is 9.94. The van der Waals surface area contributed by atoms with Gasteiger partial charge < -0.3 is 15.7 Å². The molecule has 2 rings (SSSR count). The molecule has 3 N–H and O–H groups in total. The summed E-state index contributed by atoms with van der Waals surface area (Å²) in [5.74, 6) is 0.185. The molecular formula is C11H16N8O2. The number of nitrogens with two attached hydrogens (primary N) is 1. The van der Waals surface area contributed by atoms with Crippen molar-refractivity contribution in [1.82, 2.24) is 29.9 Å². The molecule has 0 unspecified atom stereocenters. The molecule has 2 heterocycles. The van der Waals surface area contributed by atoms with Crippen LogP contribution in [0.3, 0.4) is 0 Å². The van der Waals surface area contributed by atoms with E-state index in [0.29, 0.717) is 23.9 Å². The van der Waals surface area contributed by atoms with E-state index in [0.717, 1.165) is 0 Å². The molecule has 10 nitrogen and oxygen atoms in total. The van der Waals surface area contributed by atoms with Gasteiger partial charge in [-0.3, -0.25) is 4.79 Å². The Balaban J connectivity index is 2.09. The topological polar surface area (TPSA) is 136 Å². The second-order valence-corrected chi connectivity index (χ2v) is 4.61. The van der Waals surface area contributed by atoms with E-state index in [-0.39, 0.29) is 18.9 Å². The molecule has 0 aromatic carbocycles. The molecule has 0 spiro atoms. The van der Waals surface area contributed by atoms with Gasteiger partial charge in [0.05, 0.1) is 12.1 Å². The van der Waals surface area contributed by atoms with Crippen LogP contribution in [0.25, 0.3) is 0 Å². The van der Waals surface area contributed by atoms with Crippen molar-refractivity contribution in [2.75, 3.05) is 24.7 Å². The zero-order valence-electron chi connectivity index (χ0n) is 11.8. The normalized spacial score (nSPS) is 10.6. The molecule has 0 radical (unpaired) electrons. The van der Waals surface area contributed by atoms with E-state index in [2.05, 4.69) is 25.3 Å². The van der Waals surface area contributed by atoms with E-state index in [1.165, 1.54) is 4.68 Å². The quantitative estimate of drug-likeness (QED) is 0.699. The Hall–Kier alpha value is -2.78. The van der Waals surface area contributed by atoms with Gasteiger partial charge in [-0.2, -0.15) is 15.0 Å². The molecule has 112 valence electrons. The largest absolute Gasteiger partial charge is 0.481 e. The fourth-order valence-corrected chi connectivity index (χ4v) is 1.61. The van der Waals surface area contributed by atoms with Crippen molar-refractivity contribution in [3.05, 3.63) is 17.7 Å². The molecule has 0 aliphatic rings. The average molecular weight is 292 g/mol. The van der Waals surface area contributed by atoms with E-state index in [4.69, 9.17) is 10.8 Å². The number of nitrogens with zero attached hydrogens (tertiary/aromatic N) is 7. The maximum absolute atomic E-state index is 10.5. The fourth-order valence-electron chi connectivity index (χ4n) is 1.61. The molecule has 2 aromatic rings. The standard InChI is InChI=1S/C11H16N8O2/c1-18(2)11-14-8(13-10(12)15-11)6-19-5-7(16-17-19)3-4-9(20)21/h5H,3-4,6H2,1-2H3,(H,20,21)(H2,12,13,14,15). The highest BCUT2D eigenvalue weighted by atomic mass is 16.4. The van der Waals surface area contributed by atoms with Crippen LogP contribution in [0, 0.1) is 0 Å². The SMILES string of the molecule is CN(C)c1nc(N)nc(Cn2cc(CCC(=O)O)nn2)n1. The summed E-state index contributed by atoms with van der Waals surface area (Å²) >= 11 is 0. The van der Waals surface area contributed by atoms with Gasteiger partial charge in [0.15, 0.2) is 5.82 Å². The van der Waals surface area contributed by atoms with Crippen molar-refractivity contribution in [3.63, 3.8) is 0 Å². The zero-order chi connectivity index (χ0) is 15.4. The average Bonchev–Trinajstić information content (AvgIpc) is 2.83. The second kappa shape index (κ2) is 6.11. The minimum atomic E-state index is -0.870. The molecule has 0 amide bonds. The molecule has 2 aromatic heterocycles. The number of carboxylic acid groups (broad SMARTS) is 1. The van der Waals surface area contributed by atoms with Crippen molar-refractivity contribution >= 4 is 17.9 Å². The van der Waals surface area contributed by atoms with Crippen LogP contribution >= 0.6 is 0 Å². The zero-order valence-corrected chi connectivity index (χ0v) is 11.8. The fraction of sp³-hybridized carbons (Fsp3) is 0.455. The van der Waals surface area contributed by atoms with Crippen molar-refractivity contribution < 1.29 is 9.90 Å². The maximum Gasteiger partial charge on any atom is 0.303 e. The number of hydrogen-bond acceptors (Lipinski definition) is 8. The van der Waals surface area contributed by atoms with Crippen LogP contribution in [0.15, 0.2) is 6.20 Å². The van der Waals surface area contributed by atoms with Crippen LogP contribution in [0.1, 0.15) is 17.9 Å². The van der Waals surface area contributed by atoms with Crippen LogP contribution in [-0.4, -0.2) is 55.1 Å². The summed E-state index contributed by atoms with van der Waals surface area (Å²) in [5, 5.41) is 16.4. The van der Waals surface area contributed by atoms with Crippen LogP contribution < -0.4 is 10.6 Å². The van der Waals surface area contributed by atoms with E-state index in [9.17, 15) is 4.79 Å². The number of carbonyl (C=O) groups is 1. The lowest BCUT2D eigenvalue weighted by Gasteiger charge is -2.11. The number of aromatic nitrogens is 6. The van der Waals surface area contributed by atoms with Gasteiger partial charge in [0.1, 0.15) is 6.54 Å². The number of aliphatic carboxylic acids is 1. The third-order valence-electron chi connectivity index (χ3n) is 2.57. The number of anilines is 2. The van der Waals surface area contributed by atoms with E-state index < -0.39 is 5.97 Å². The van der Waals surface area contributed by atoms with Gasteiger partial charge in [-0.25, -0.2) is 4.68 Å². The van der Waals surface area contributed by atoms with Crippen molar-refractivity contribution in [2.24, 2.45) is 0 Å². The molecule has 0 saturated carbocycles. The Labute approximate surface area is 120 Å². The van der Waals surface area contributed by atoms with Crippen molar-refractivity contribution in [1.29, 1.82) is 0 Å². The maximum atomic E-state index is 10.5. The number of carboxylic acids is 1. The van der Waals surface area contributed by atoms with Gasteiger partial charge >= 0.3 is 5.97 Å². The summed E-state index contributed by atoms with van der Waals surface area (Å²) in [5.41, 5.74) is 6.24. The molecule has 0 aliphatic heterocycles. The Kier molecular flexibility index (Phi) is 4.26. The van der Waals surface area contributed by atoms with Crippen LogP contribution in [0.4, 0.5) is 11.9 Å². The summed E-state index contributed by atoms with van der Waals surface area (Å²) in [6.45, 7) is 0.285. The summed E-state index contributed by atoms with van der Waals surface area (Å²) in [7, 11) is 3.61. The van der Waals surface area contributed by atoms with Crippen molar-refractivity contribution in [2.45, 2.75) is 19.4 Å². The molecule has 0 saturated heterocycles. The smallest absolute Gasteiger partial charge is 0.303 e. The second-order valence-electron chi connectivity index (χ2n) is 4.61. The first kappa shape index (κ1) is 14.6. The van der Waals surface area contributed by atoms with E-state index in [1.54, 1.807) is 25.2 Å². The molecule has 0 fully saturated rings. The lowest BCUT2D eigenvalue weighted by Crippen LogP contribution is -2.17. The summed E-state index contributed by atoms with van der Waals surface area (Å²) in [6, 6.07) is 0. The third kappa shape index (κ3) is 4.09. The lowest BCUT2D eigenvalue weighted by molar-refractivity contribution is -0.136. The van der Waals surface area contributed by atoms with Gasteiger partial charge in [0, 0.05) is 26.7 Å². The molecule has 10 heteroatoms. The highest BCUT2D eigenvalue weighted by Gasteiger charge is 2.09. The highest BCUT2D eigenvalue weighted by Crippen LogP contribution is 2.07. The molecule has 21 heavy (non-hydrogen) atoms. The monoisotopic (exact) mass is 292 g/mol. The van der Waals surface area contributed by atoms with Crippen LogP contribution in [-0.2, 0) is 17.8 Å². The Bertz CT molecular complexity index is 639. The van der Waals surface area contributed by atoms with E-state index >= 15 is 0 Å².